The number of hydrogen-bond donors (Lipinski definition) is 2. The second-order valence-corrected chi connectivity index (χ2v) is 4.24. The molecule has 0 heterocycles. The Hall–Kier alpha value is -1.26. The highest BCUT2D eigenvalue weighted by atomic mass is 35.5. The second kappa shape index (κ2) is 5.89. The first-order chi connectivity index (χ1) is 7.95. The molecular formula is C11H11Cl2NO3. The molecule has 1 rings (SSSR count). The summed E-state index contributed by atoms with van der Waals surface area (Å²) < 4.78 is 0. The van der Waals surface area contributed by atoms with E-state index in [1.54, 1.807) is 13.0 Å². The summed E-state index contributed by atoms with van der Waals surface area (Å²) in [6, 6.07) is 3.50. The minimum absolute atomic E-state index is 0.166. The van der Waals surface area contributed by atoms with E-state index in [9.17, 15) is 9.59 Å². The van der Waals surface area contributed by atoms with Gasteiger partial charge in [-0.25, -0.2) is 4.79 Å². The van der Waals surface area contributed by atoms with Crippen LogP contribution in [0.5, 0.6) is 0 Å². The third-order valence-electron chi connectivity index (χ3n) is 2.18. The molecule has 92 valence electrons. The Kier molecular flexibility index (Phi) is 4.78. The molecule has 0 saturated carbocycles. The van der Waals surface area contributed by atoms with Crippen molar-refractivity contribution in [3.8, 4) is 0 Å². The maximum absolute atomic E-state index is 11.8. The Labute approximate surface area is 109 Å². The van der Waals surface area contributed by atoms with Gasteiger partial charge in [-0.2, -0.15) is 0 Å². The van der Waals surface area contributed by atoms with Crippen LogP contribution in [0.2, 0.25) is 10.0 Å². The number of aliphatic carboxylic acids is 1. The van der Waals surface area contributed by atoms with Crippen LogP contribution in [0.25, 0.3) is 0 Å². The quantitative estimate of drug-likeness (QED) is 0.888. The van der Waals surface area contributed by atoms with Gasteiger partial charge in [0.1, 0.15) is 6.04 Å². The van der Waals surface area contributed by atoms with Crippen molar-refractivity contribution in [3.63, 3.8) is 0 Å². The summed E-state index contributed by atoms with van der Waals surface area (Å²) in [4.78, 5) is 22.5. The zero-order valence-corrected chi connectivity index (χ0v) is 10.5. The maximum Gasteiger partial charge on any atom is 0.326 e. The summed E-state index contributed by atoms with van der Waals surface area (Å²) in [5.41, 5.74) is 0.166. The SMILES string of the molecule is CC[C@@H](NC(=O)c1cc(Cl)ccc1Cl)C(=O)O. The average molecular weight is 276 g/mol. The lowest BCUT2D eigenvalue weighted by Gasteiger charge is -2.13. The number of carbonyl (C=O) groups is 2. The van der Waals surface area contributed by atoms with Gasteiger partial charge in [-0.3, -0.25) is 4.79 Å². The first-order valence-electron chi connectivity index (χ1n) is 4.94. The molecular weight excluding hydrogens is 265 g/mol. The van der Waals surface area contributed by atoms with Crippen LogP contribution in [0.1, 0.15) is 23.7 Å². The molecule has 1 aromatic rings. The van der Waals surface area contributed by atoms with Crippen molar-refractivity contribution in [1.29, 1.82) is 0 Å². The fraction of sp³-hybridized carbons (Fsp3) is 0.273. The van der Waals surface area contributed by atoms with Crippen molar-refractivity contribution in [3.05, 3.63) is 33.8 Å². The van der Waals surface area contributed by atoms with Gasteiger partial charge in [-0.15, -0.1) is 0 Å². The van der Waals surface area contributed by atoms with Crippen molar-refractivity contribution >= 4 is 35.1 Å². The highest BCUT2D eigenvalue weighted by Gasteiger charge is 2.20. The van der Waals surface area contributed by atoms with Crippen molar-refractivity contribution in [1.82, 2.24) is 5.32 Å². The van der Waals surface area contributed by atoms with E-state index in [0.29, 0.717) is 11.4 Å². The van der Waals surface area contributed by atoms with E-state index in [4.69, 9.17) is 28.3 Å². The van der Waals surface area contributed by atoms with Crippen LogP contribution in [0.15, 0.2) is 18.2 Å². The van der Waals surface area contributed by atoms with E-state index >= 15 is 0 Å². The predicted molar refractivity (Wildman–Crippen MR) is 65.6 cm³/mol. The smallest absolute Gasteiger partial charge is 0.326 e. The molecule has 0 radical (unpaired) electrons. The lowest BCUT2D eigenvalue weighted by Crippen LogP contribution is -2.40. The van der Waals surface area contributed by atoms with Crippen molar-refractivity contribution in [2.75, 3.05) is 0 Å². The van der Waals surface area contributed by atoms with Crippen LogP contribution in [0, 0.1) is 0 Å². The molecule has 1 aromatic carbocycles. The zero-order valence-electron chi connectivity index (χ0n) is 9.04. The molecule has 4 nitrogen and oxygen atoms in total. The van der Waals surface area contributed by atoms with E-state index < -0.39 is 17.9 Å². The maximum atomic E-state index is 11.8. The number of halogens is 2. The Bertz CT molecular complexity index is 448. The molecule has 1 amide bonds. The molecule has 0 aromatic heterocycles. The normalized spacial score (nSPS) is 11.9. The van der Waals surface area contributed by atoms with Gasteiger partial charge in [-0.05, 0) is 24.6 Å². The van der Waals surface area contributed by atoms with Gasteiger partial charge in [0.15, 0.2) is 0 Å². The summed E-state index contributed by atoms with van der Waals surface area (Å²) in [6.45, 7) is 1.67. The van der Waals surface area contributed by atoms with E-state index in [-0.39, 0.29) is 10.6 Å². The number of carboxylic acid groups (broad SMARTS) is 1. The molecule has 0 fully saturated rings. The number of carbonyl (C=O) groups excluding carboxylic acids is 1. The summed E-state index contributed by atoms with van der Waals surface area (Å²) in [5.74, 6) is -1.63. The van der Waals surface area contributed by atoms with Crippen LogP contribution in [0.4, 0.5) is 0 Å². The Morgan fingerprint density at radius 3 is 2.59 bits per heavy atom. The minimum Gasteiger partial charge on any atom is -0.480 e. The highest BCUT2D eigenvalue weighted by molar-refractivity contribution is 6.35. The molecule has 2 N–H and O–H groups in total. The van der Waals surface area contributed by atoms with Crippen molar-refractivity contribution in [2.45, 2.75) is 19.4 Å². The Morgan fingerprint density at radius 2 is 2.06 bits per heavy atom. The van der Waals surface area contributed by atoms with Gasteiger partial charge in [-0.1, -0.05) is 30.1 Å². The molecule has 0 saturated heterocycles. The molecule has 0 aliphatic rings. The fourth-order valence-corrected chi connectivity index (χ4v) is 1.62. The number of carboxylic acids is 1. The topological polar surface area (TPSA) is 66.4 Å². The van der Waals surface area contributed by atoms with E-state index in [0.717, 1.165) is 0 Å². The van der Waals surface area contributed by atoms with Crippen LogP contribution in [-0.2, 0) is 4.79 Å². The molecule has 1 atom stereocenters. The third kappa shape index (κ3) is 3.61. The standard InChI is InChI=1S/C11H11Cl2NO3/c1-2-9(11(16)17)14-10(15)7-5-6(12)3-4-8(7)13/h3-5,9H,2H2,1H3,(H,14,15)(H,16,17)/t9-/m1/s1. The predicted octanol–water partition coefficient (Wildman–Crippen LogP) is 2.59. The Morgan fingerprint density at radius 1 is 1.41 bits per heavy atom. The number of amides is 1. The van der Waals surface area contributed by atoms with Gasteiger partial charge in [0, 0.05) is 5.02 Å². The molecule has 0 spiro atoms. The first-order valence-corrected chi connectivity index (χ1v) is 5.70. The van der Waals surface area contributed by atoms with Crippen LogP contribution >= 0.6 is 23.2 Å². The monoisotopic (exact) mass is 275 g/mol. The molecule has 0 aliphatic carbocycles. The lowest BCUT2D eigenvalue weighted by atomic mass is 10.1. The molecule has 6 heteroatoms. The van der Waals surface area contributed by atoms with Crippen LogP contribution in [0.3, 0.4) is 0 Å². The second-order valence-electron chi connectivity index (χ2n) is 3.40. The van der Waals surface area contributed by atoms with Gasteiger partial charge in [0.25, 0.3) is 5.91 Å². The van der Waals surface area contributed by atoms with E-state index in [1.165, 1.54) is 12.1 Å². The lowest BCUT2D eigenvalue weighted by molar-refractivity contribution is -0.139. The Balaban J connectivity index is 2.89. The summed E-state index contributed by atoms with van der Waals surface area (Å²) in [6.07, 6.45) is 0.291. The van der Waals surface area contributed by atoms with Gasteiger partial charge in [0.05, 0.1) is 10.6 Å². The first kappa shape index (κ1) is 13.8. The van der Waals surface area contributed by atoms with Crippen LogP contribution < -0.4 is 5.32 Å². The van der Waals surface area contributed by atoms with Gasteiger partial charge >= 0.3 is 5.97 Å². The number of rotatable bonds is 4. The highest BCUT2D eigenvalue weighted by Crippen LogP contribution is 2.20. The van der Waals surface area contributed by atoms with E-state index in [1.807, 2.05) is 0 Å². The minimum atomic E-state index is -1.08. The fourth-order valence-electron chi connectivity index (χ4n) is 1.25. The van der Waals surface area contributed by atoms with Gasteiger partial charge < -0.3 is 10.4 Å². The molecule has 0 aliphatic heterocycles. The number of benzene rings is 1. The number of nitrogens with one attached hydrogen (secondary N) is 1. The number of hydrogen-bond acceptors (Lipinski definition) is 2. The van der Waals surface area contributed by atoms with Crippen molar-refractivity contribution < 1.29 is 14.7 Å². The summed E-state index contributed by atoms with van der Waals surface area (Å²) in [7, 11) is 0. The molecule has 0 bridgehead atoms. The summed E-state index contributed by atoms with van der Waals surface area (Å²) in [5, 5.41) is 11.8. The molecule has 0 unspecified atom stereocenters. The van der Waals surface area contributed by atoms with E-state index in [2.05, 4.69) is 5.32 Å². The largest absolute Gasteiger partial charge is 0.480 e. The molecule has 17 heavy (non-hydrogen) atoms. The average Bonchev–Trinajstić information content (AvgIpc) is 2.28. The van der Waals surface area contributed by atoms with Gasteiger partial charge in [0.2, 0.25) is 0 Å². The summed E-state index contributed by atoms with van der Waals surface area (Å²) >= 11 is 11.6. The van der Waals surface area contributed by atoms with Crippen LogP contribution in [-0.4, -0.2) is 23.0 Å². The third-order valence-corrected chi connectivity index (χ3v) is 2.75. The zero-order chi connectivity index (χ0) is 13.0. The van der Waals surface area contributed by atoms with Crippen molar-refractivity contribution in [2.24, 2.45) is 0 Å².